The van der Waals surface area contributed by atoms with E-state index < -0.39 is 0 Å². The van der Waals surface area contributed by atoms with E-state index in [9.17, 15) is 0 Å². The second-order valence-electron chi connectivity index (χ2n) is 4.75. The predicted octanol–water partition coefficient (Wildman–Crippen LogP) is 2.77. The Morgan fingerprint density at radius 2 is 2.00 bits per heavy atom. The molecule has 0 spiro atoms. The van der Waals surface area contributed by atoms with Crippen LogP contribution in [0.4, 0.5) is 0 Å². The lowest BCUT2D eigenvalue weighted by molar-refractivity contribution is 0.528. The largest absolute Gasteiger partial charge is 0.420 e. The van der Waals surface area contributed by atoms with Crippen LogP contribution in [-0.4, -0.2) is 25.0 Å². The molecule has 7 heteroatoms. The molecule has 0 atom stereocenters. The average Bonchev–Trinajstić information content (AvgIpc) is 3.06. The molecule has 0 amide bonds. The van der Waals surface area contributed by atoms with Gasteiger partial charge in [0.25, 0.3) is 0 Å². The zero-order chi connectivity index (χ0) is 14.8. The Kier molecular flexibility index (Phi) is 3.74. The van der Waals surface area contributed by atoms with Gasteiger partial charge in [-0.15, -0.1) is 20.4 Å². The summed E-state index contributed by atoms with van der Waals surface area (Å²) < 4.78 is 7.63. The van der Waals surface area contributed by atoms with Gasteiger partial charge in [-0.25, -0.2) is 0 Å². The normalized spacial score (nSPS) is 11.0. The quantitative estimate of drug-likeness (QED) is 0.690. The number of nitrogens with zero attached hydrogens (tertiary/aromatic N) is 5. The van der Waals surface area contributed by atoms with Crippen LogP contribution in [0.5, 0.6) is 0 Å². The molecule has 0 N–H and O–H groups in total. The maximum Gasteiger partial charge on any atom is 0.247 e. The van der Waals surface area contributed by atoms with Gasteiger partial charge >= 0.3 is 0 Å². The topological polar surface area (TPSA) is 69.6 Å². The van der Waals surface area contributed by atoms with E-state index in [0.717, 1.165) is 22.1 Å². The maximum absolute atomic E-state index is 5.69. The Bertz CT molecular complexity index is 764. The van der Waals surface area contributed by atoms with Crippen LogP contribution in [0.2, 0.25) is 0 Å². The van der Waals surface area contributed by atoms with Gasteiger partial charge in [0, 0.05) is 12.6 Å². The van der Waals surface area contributed by atoms with Gasteiger partial charge in [0.2, 0.25) is 11.8 Å². The van der Waals surface area contributed by atoms with Crippen LogP contribution in [0, 0.1) is 13.8 Å². The molecule has 6 nitrogen and oxygen atoms in total. The minimum Gasteiger partial charge on any atom is -0.420 e. The van der Waals surface area contributed by atoms with Gasteiger partial charge in [0.15, 0.2) is 5.16 Å². The van der Waals surface area contributed by atoms with Gasteiger partial charge in [-0.2, -0.15) is 0 Å². The molecule has 3 aromatic rings. The van der Waals surface area contributed by atoms with Crippen molar-refractivity contribution >= 4 is 11.8 Å². The van der Waals surface area contributed by atoms with E-state index in [1.165, 1.54) is 11.8 Å². The summed E-state index contributed by atoms with van der Waals surface area (Å²) in [6.45, 7) is 3.95. The third-order valence-electron chi connectivity index (χ3n) is 3.11. The number of aromatic nitrogens is 5. The lowest BCUT2D eigenvalue weighted by Gasteiger charge is -1.98. The van der Waals surface area contributed by atoms with Gasteiger partial charge in [-0.3, -0.25) is 0 Å². The Morgan fingerprint density at radius 1 is 1.14 bits per heavy atom. The molecular weight excluding hydrogens is 286 g/mol. The zero-order valence-corrected chi connectivity index (χ0v) is 12.9. The first-order chi connectivity index (χ1) is 10.1. The van der Waals surface area contributed by atoms with Gasteiger partial charge in [0.1, 0.15) is 5.82 Å². The van der Waals surface area contributed by atoms with Crippen LogP contribution >= 0.6 is 11.8 Å². The number of hydrogen-bond donors (Lipinski definition) is 0. The number of rotatable bonds is 4. The van der Waals surface area contributed by atoms with E-state index in [0.29, 0.717) is 17.5 Å². The van der Waals surface area contributed by atoms with Gasteiger partial charge < -0.3 is 8.98 Å². The van der Waals surface area contributed by atoms with Crippen molar-refractivity contribution in [1.82, 2.24) is 25.0 Å². The molecule has 108 valence electrons. The maximum atomic E-state index is 5.69. The highest BCUT2D eigenvalue weighted by Crippen LogP contribution is 2.23. The molecule has 0 saturated heterocycles. The average molecular weight is 301 g/mol. The Labute approximate surface area is 126 Å². The first kappa shape index (κ1) is 13.8. The van der Waals surface area contributed by atoms with Crippen LogP contribution in [-0.2, 0) is 12.8 Å². The first-order valence-corrected chi connectivity index (χ1v) is 7.50. The van der Waals surface area contributed by atoms with Crippen molar-refractivity contribution in [3.8, 4) is 11.5 Å². The number of benzene rings is 1. The van der Waals surface area contributed by atoms with Crippen molar-refractivity contribution in [2.75, 3.05) is 0 Å². The molecule has 0 aliphatic rings. The fraction of sp³-hybridized carbons (Fsp3) is 0.286. The van der Waals surface area contributed by atoms with Crippen molar-refractivity contribution in [2.45, 2.75) is 24.8 Å². The molecule has 2 heterocycles. The summed E-state index contributed by atoms with van der Waals surface area (Å²) >= 11 is 1.53. The number of aryl methyl sites for hydroxylation is 2. The molecule has 0 fully saturated rings. The molecule has 0 unspecified atom stereocenters. The lowest BCUT2D eigenvalue weighted by Crippen LogP contribution is -1.93. The summed E-state index contributed by atoms with van der Waals surface area (Å²) in [6, 6.07) is 8.00. The number of thioether (sulfide) groups is 1. The highest BCUT2D eigenvalue weighted by Gasteiger charge is 2.11. The second kappa shape index (κ2) is 5.69. The number of hydrogen-bond acceptors (Lipinski definition) is 6. The van der Waals surface area contributed by atoms with Crippen molar-refractivity contribution in [1.29, 1.82) is 0 Å². The monoisotopic (exact) mass is 301 g/mol. The predicted molar refractivity (Wildman–Crippen MR) is 79.8 cm³/mol. The highest BCUT2D eigenvalue weighted by molar-refractivity contribution is 7.98. The van der Waals surface area contributed by atoms with Gasteiger partial charge in [-0.1, -0.05) is 29.5 Å². The van der Waals surface area contributed by atoms with Crippen molar-refractivity contribution in [3.05, 3.63) is 41.5 Å². The van der Waals surface area contributed by atoms with Crippen molar-refractivity contribution in [2.24, 2.45) is 7.05 Å². The summed E-state index contributed by atoms with van der Waals surface area (Å²) in [5.41, 5.74) is 2.10. The molecule has 2 aromatic heterocycles. The van der Waals surface area contributed by atoms with Crippen molar-refractivity contribution in [3.63, 3.8) is 0 Å². The molecule has 21 heavy (non-hydrogen) atoms. The van der Waals surface area contributed by atoms with Crippen LogP contribution in [0.25, 0.3) is 11.5 Å². The SMILES string of the molecule is Cc1cccc(-c2nnc(CSc3nnc(C)n3C)o2)c1. The highest BCUT2D eigenvalue weighted by atomic mass is 32.2. The Balaban J connectivity index is 1.72. The fourth-order valence-electron chi connectivity index (χ4n) is 1.85. The third-order valence-corrected chi connectivity index (χ3v) is 4.11. The summed E-state index contributed by atoms with van der Waals surface area (Å²) in [5.74, 6) is 2.58. The fourth-order valence-corrected chi connectivity index (χ4v) is 2.64. The third kappa shape index (κ3) is 2.97. The van der Waals surface area contributed by atoms with Crippen LogP contribution in [0.15, 0.2) is 33.8 Å². The van der Waals surface area contributed by atoms with E-state index in [4.69, 9.17) is 4.42 Å². The van der Waals surface area contributed by atoms with Gasteiger partial charge in [0.05, 0.1) is 5.75 Å². The Hall–Kier alpha value is -2.15. The molecule has 0 radical (unpaired) electrons. The Morgan fingerprint density at radius 3 is 2.71 bits per heavy atom. The smallest absolute Gasteiger partial charge is 0.247 e. The van der Waals surface area contributed by atoms with E-state index in [1.807, 2.05) is 49.7 Å². The van der Waals surface area contributed by atoms with Crippen LogP contribution < -0.4 is 0 Å². The van der Waals surface area contributed by atoms with E-state index in [2.05, 4.69) is 20.4 Å². The lowest BCUT2D eigenvalue weighted by atomic mass is 10.1. The summed E-state index contributed by atoms with van der Waals surface area (Å²) in [7, 11) is 1.93. The van der Waals surface area contributed by atoms with Crippen LogP contribution in [0.1, 0.15) is 17.3 Å². The minimum atomic E-state index is 0.545. The summed E-state index contributed by atoms with van der Waals surface area (Å²) in [4.78, 5) is 0. The standard InChI is InChI=1S/C14H15N5OS/c1-9-5-4-6-11(7-9)13-17-16-12(20-13)8-21-14-18-15-10(2)19(14)3/h4-7H,8H2,1-3H3. The molecule has 0 aliphatic heterocycles. The van der Waals surface area contributed by atoms with E-state index in [1.54, 1.807) is 0 Å². The zero-order valence-electron chi connectivity index (χ0n) is 12.1. The summed E-state index contributed by atoms with van der Waals surface area (Å²) in [6.07, 6.45) is 0. The second-order valence-corrected chi connectivity index (χ2v) is 5.69. The first-order valence-electron chi connectivity index (χ1n) is 6.51. The molecule has 1 aromatic carbocycles. The molecule has 0 saturated carbocycles. The van der Waals surface area contributed by atoms with E-state index >= 15 is 0 Å². The molecule has 0 bridgehead atoms. The summed E-state index contributed by atoms with van der Waals surface area (Å²) in [5, 5.41) is 17.1. The molecule has 0 aliphatic carbocycles. The van der Waals surface area contributed by atoms with Crippen LogP contribution in [0.3, 0.4) is 0 Å². The van der Waals surface area contributed by atoms with Gasteiger partial charge in [-0.05, 0) is 26.0 Å². The molecular formula is C14H15N5OS. The van der Waals surface area contributed by atoms with E-state index in [-0.39, 0.29) is 0 Å². The minimum absolute atomic E-state index is 0.545. The molecule has 3 rings (SSSR count). The van der Waals surface area contributed by atoms with Crippen molar-refractivity contribution < 1.29 is 4.42 Å².